The van der Waals surface area contributed by atoms with E-state index in [-0.39, 0.29) is 5.91 Å². The topological polar surface area (TPSA) is 38.3 Å². The van der Waals surface area contributed by atoms with Crippen LogP contribution in [0.1, 0.15) is 34.8 Å². The average molecular weight is 318 g/mol. The Morgan fingerprint density at radius 1 is 1.18 bits per heavy atom. The predicted molar refractivity (Wildman–Crippen MR) is 91.1 cm³/mol. The number of benzene rings is 2. The summed E-state index contributed by atoms with van der Waals surface area (Å²) in [6, 6.07) is 10.9. The monoisotopic (exact) mass is 317 g/mol. The van der Waals surface area contributed by atoms with Crippen molar-refractivity contribution in [2.75, 3.05) is 11.9 Å². The first kappa shape index (κ1) is 16.4. The minimum Gasteiger partial charge on any atom is -0.494 e. The van der Waals surface area contributed by atoms with E-state index in [1.807, 2.05) is 26.0 Å². The summed E-state index contributed by atoms with van der Waals surface area (Å²) >= 11 is 6.21. The SMILES string of the molecule is CCCOc1ccc(C(=O)Nc2c(C)cc(C)cc2Cl)cc1. The van der Waals surface area contributed by atoms with Crippen molar-refractivity contribution in [2.45, 2.75) is 27.2 Å². The number of aryl methyl sites for hydroxylation is 2. The number of hydrogen-bond donors (Lipinski definition) is 1. The first-order chi connectivity index (χ1) is 10.5. The van der Waals surface area contributed by atoms with Crippen LogP contribution in [0.3, 0.4) is 0 Å². The van der Waals surface area contributed by atoms with Gasteiger partial charge in [-0.05, 0) is 61.7 Å². The smallest absolute Gasteiger partial charge is 0.255 e. The van der Waals surface area contributed by atoms with E-state index in [9.17, 15) is 4.79 Å². The normalized spacial score (nSPS) is 10.4. The van der Waals surface area contributed by atoms with Crippen LogP contribution in [0, 0.1) is 13.8 Å². The van der Waals surface area contributed by atoms with Gasteiger partial charge in [0.05, 0.1) is 17.3 Å². The lowest BCUT2D eigenvalue weighted by molar-refractivity contribution is 0.102. The summed E-state index contributed by atoms with van der Waals surface area (Å²) in [4.78, 5) is 12.3. The number of carbonyl (C=O) groups excluding carboxylic acids is 1. The van der Waals surface area contributed by atoms with E-state index in [0.29, 0.717) is 22.9 Å². The molecule has 0 saturated carbocycles. The van der Waals surface area contributed by atoms with Crippen LogP contribution in [0.15, 0.2) is 36.4 Å². The number of ether oxygens (including phenoxy) is 1. The van der Waals surface area contributed by atoms with Crippen molar-refractivity contribution in [2.24, 2.45) is 0 Å². The number of nitrogens with one attached hydrogen (secondary N) is 1. The van der Waals surface area contributed by atoms with Gasteiger partial charge in [-0.2, -0.15) is 0 Å². The van der Waals surface area contributed by atoms with Crippen molar-refractivity contribution >= 4 is 23.2 Å². The van der Waals surface area contributed by atoms with E-state index in [0.717, 1.165) is 23.3 Å². The van der Waals surface area contributed by atoms with Crippen molar-refractivity contribution in [3.8, 4) is 5.75 Å². The van der Waals surface area contributed by atoms with Gasteiger partial charge in [-0.15, -0.1) is 0 Å². The lowest BCUT2D eigenvalue weighted by Crippen LogP contribution is -2.13. The Bertz CT molecular complexity index is 642. The molecular formula is C18H20ClNO2. The number of rotatable bonds is 5. The Hall–Kier alpha value is -2.00. The Morgan fingerprint density at radius 2 is 1.86 bits per heavy atom. The van der Waals surface area contributed by atoms with Gasteiger partial charge in [0.2, 0.25) is 0 Å². The molecule has 0 bridgehead atoms. The van der Waals surface area contributed by atoms with Crippen LogP contribution in [0.2, 0.25) is 5.02 Å². The summed E-state index contributed by atoms with van der Waals surface area (Å²) in [7, 11) is 0. The molecule has 0 spiro atoms. The van der Waals surface area contributed by atoms with Crippen molar-refractivity contribution in [1.82, 2.24) is 0 Å². The van der Waals surface area contributed by atoms with E-state index in [4.69, 9.17) is 16.3 Å². The number of hydrogen-bond acceptors (Lipinski definition) is 2. The van der Waals surface area contributed by atoms with Gasteiger partial charge in [-0.1, -0.05) is 24.6 Å². The zero-order chi connectivity index (χ0) is 16.1. The molecule has 2 aromatic rings. The van der Waals surface area contributed by atoms with Gasteiger partial charge < -0.3 is 10.1 Å². The number of halogens is 1. The van der Waals surface area contributed by atoms with E-state index in [1.54, 1.807) is 24.3 Å². The highest BCUT2D eigenvalue weighted by molar-refractivity contribution is 6.34. The minimum atomic E-state index is -0.184. The van der Waals surface area contributed by atoms with Crippen LogP contribution in [-0.2, 0) is 0 Å². The summed E-state index contributed by atoms with van der Waals surface area (Å²) in [6.07, 6.45) is 0.952. The second-order valence-corrected chi connectivity index (χ2v) is 5.67. The highest BCUT2D eigenvalue weighted by Gasteiger charge is 2.11. The van der Waals surface area contributed by atoms with Crippen LogP contribution in [0.5, 0.6) is 5.75 Å². The molecule has 0 aliphatic carbocycles. The van der Waals surface area contributed by atoms with Gasteiger partial charge in [0.1, 0.15) is 5.75 Å². The van der Waals surface area contributed by atoms with Crippen LogP contribution in [0.4, 0.5) is 5.69 Å². The Kier molecular flexibility index (Phi) is 5.45. The molecule has 0 heterocycles. The summed E-state index contributed by atoms with van der Waals surface area (Å²) in [5, 5.41) is 3.42. The molecule has 0 aliphatic heterocycles. The molecule has 3 nitrogen and oxygen atoms in total. The van der Waals surface area contributed by atoms with E-state index < -0.39 is 0 Å². The second-order valence-electron chi connectivity index (χ2n) is 5.27. The van der Waals surface area contributed by atoms with Crippen LogP contribution < -0.4 is 10.1 Å². The van der Waals surface area contributed by atoms with Crippen LogP contribution in [0.25, 0.3) is 0 Å². The highest BCUT2D eigenvalue weighted by Crippen LogP contribution is 2.28. The van der Waals surface area contributed by atoms with Crippen LogP contribution >= 0.6 is 11.6 Å². The molecule has 1 amide bonds. The fourth-order valence-corrected chi connectivity index (χ4v) is 2.55. The van der Waals surface area contributed by atoms with Gasteiger partial charge in [-0.3, -0.25) is 4.79 Å². The van der Waals surface area contributed by atoms with E-state index in [1.165, 1.54) is 0 Å². The van der Waals surface area contributed by atoms with Gasteiger partial charge >= 0.3 is 0 Å². The Morgan fingerprint density at radius 3 is 2.45 bits per heavy atom. The average Bonchev–Trinajstić information content (AvgIpc) is 2.49. The Labute approximate surface area is 136 Å². The molecule has 0 radical (unpaired) electrons. The first-order valence-electron chi connectivity index (χ1n) is 7.32. The maximum atomic E-state index is 12.3. The number of amides is 1. The first-order valence-corrected chi connectivity index (χ1v) is 7.70. The van der Waals surface area contributed by atoms with Crippen molar-refractivity contribution < 1.29 is 9.53 Å². The molecule has 2 rings (SSSR count). The van der Waals surface area contributed by atoms with Gasteiger partial charge in [0.25, 0.3) is 5.91 Å². The second kappa shape index (κ2) is 7.32. The zero-order valence-corrected chi connectivity index (χ0v) is 13.8. The molecule has 0 saturated heterocycles. The maximum Gasteiger partial charge on any atom is 0.255 e. The van der Waals surface area contributed by atoms with Gasteiger partial charge in [0, 0.05) is 5.56 Å². The Balaban J connectivity index is 2.12. The lowest BCUT2D eigenvalue weighted by atomic mass is 10.1. The summed E-state index contributed by atoms with van der Waals surface area (Å²) < 4.78 is 5.51. The zero-order valence-electron chi connectivity index (χ0n) is 13.1. The fraction of sp³-hybridized carbons (Fsp3) is 0.278. The molecule has 22 heavy (non-hydrogen) atoms. The third-order valence-electron chi connectivity index (χ3n) is 3.26. The molecule has 0 aromatic heterocycles. The van der Waals surface area contributed by atoms with Gasteiger partial charge in [0.15, 0.2) is 0 Å². The summed E-state index contributed by atoms with van der Waals surface area (Å²) in [5.74, 6) is 0.582. The molecule has 1 N–H and O–H groups in total. The number of carbonyl (C=O) groups is 1. The molecule has 0 aliphatic rings. The van der Waals surface area contributed by atoms with Crippen LogP contribution in [-0.4, -0.2) is 12.5 Å². The third kappa shape index (κ3) is 4.01. The van der Waals surface area contributed by atoms with Crippen molar-refractivity contribution in [3.05, 3.63) is 58.1 Å². The molecule has 0 unspecified atom stereocenters. The predicted octanol–water partition coefficient (Wildman–Crippen LogP) is 5.00. The molecule has 116 valence electrons. The molecule has 2 aromatic carbocycles. The van der Waals surface area contributed by atoms with Gasteiger partial charge in [-0.25, -0.2) is 0 Å². The molecule has 4 heteroatoms. The van der Waals surface area contributed by atoms with Crippen molar-refractivity contribution in [1.29, 1.82) is 0 Å². The van der Waals surface area contributed by atoms with E-state index >= 15 is 0 Å². The standard InChI is InChI=1S/C18H20ClNO2/c1-4-9-22-15-7-5-14(6-8-15)18(21)20-17-13(3)10-12(2)11-16(17)19/h5-8,10-11H,4,9H2,1-3H3,(H,20,21). The quantitative estimate of drug-likeness (QED) is 0.843. The lowest BCUT2D eigenvalue weighted by Gasteiger charge is -2.12. The molecular weight excluding hydrogens is 298 g/mol. The summed E-state index contributed by atoms with van der Waals surface area (Å²) in [5.41, 5.74) is 3.24. The van der Waals surface area contributed by atoms with Crippen molar-refractivity contribution in [3.63, 3.8) is 0 Å². The number of anilines is 1. The third-order valence-corrected chi connectivity index (χ3v) is 3.56. The fourth-order valence-electron chi connectivity index (χ4n) is 2.18. The maximum absolute atomic E-state index is 12.3. The molecule has 0 atom stereocenters. The molecule has 0 fully saturated rings. The largest absolute Gasteiger partial charge is 0.494 e. The minimum absolute atomic E-state index is 0.184. The summed E-state index contributed by atoms with van der Waals surface area (Å²) in [6.45, 7) is 6.62. The van der Waals surface area contributed by atoms with E-state index in [2.05, 4.69) is 12.2 Å². The highest BCUT2D eigenvalue weighted by atomic mass is 35.5.